The first-order valence-electron chi connectivity index (χ1n) is 6.52. The molecule has 106 valence electrons. The van der Waals surface area contributed by atoms with E-state index < -0.39 is 0 Å². The summed E-state index contributed by atoms with van der Waals surface area (Å²) in [4.78, 5) is 4.44. The molecule has 2 N–H and O–H groups in total. The smallest absolute Gasteiger partial charge is 0.258 e. The lowest BCUT2D eigenvalue weighted by Gasteiger charge is -2.01. The molecule has 0 atom stereocenters. The standard InChI is InChI=1S/C16H15N3O2/c1-10-9-12(17)5-8-14(10)16-18-15(19-21-16)11-3-6-13(20-2)7-4-11/h3-9H,17H2,1-2H3. The van der Waals surface area contributed by atoms with Gasteiger partial charge in [0.25, 0.3) is 5.89 Å². The Kier molecular flexibility index (Phi) is 3.31. The molecule has 0 amide bonds. The van der Waals surface area contributed by atoms with Crippen LogP contribution in [0.25, 0.3) is 22.8 Å². The van der Waals surface area contributed by atoms with Gasteiger partial charge in [0.1, 0.15) is 5.75 Å². The predicted octanol–water partition coefficient (Wildman–Crippen LogP) is 3.30. The summed E-state index contributed by atoms with van der Waals surface area (Å²) in [5, 5.41) is 4.02. The van der Waals surface area contributed by atoms with Gasteiger partial charge in [-0.3, -0.25) is 0 Å². The Hall–Kier alpha value is -2.82. The zero-order valence-electron chi connectivity index (χ0n) is 11.8. The van der Waals surface area contributed by atoms with Crippen LogP contribution in [0.15, 0.2) is 47.0 Å². The minimum Gasteiger partial charge on any atom is -0.497 e. The fourth-order valence-electron chi connectivity index (χ4n) is 2.12. The van der Waals surface area contributed by atoms with Crippen LogP contribution < -0.4 is 10.5 Å². The molecule has 0 aliphatic rings. The zero-order chi connectivity index (χ0) is 14.8. The third-order valence-electron chi connectivity index (χ3n) is 3.26. The van der Waals surface area contributed by atoms with Crippen LogP contribution in [0.5, 0.6) is 5.75 Å². The first-order chi connectivity index (χ1) is 10.2. The molecule has 5 heteroatoms. The second kappa shape index (κ2) is 5.28. The Morgan fingerprint density at radius 3 is 2.52 bits per heavy atom. The monoisotopic (exact) mass is 281 g/mol. The molecular weight excluding hydrogens is 266 g/mol. The van der Waals surface area contributed by atoms with E-state index in [1.165, 1.54) is 0 Å². The fraction of sp³-hybridized carbons (Fsp3) is 0.125. The van der Waals surface area contributed by atoms with E-state index in [2.05, 4.69) is 10.1 Å². The number of methoxy groups -OCH3 is 1. The number of ether oxygens (including phenoxy) is 1. The summed E-state index contributed by atoms with van der Waals surface area (Å²) in [5.41, 5.74) is 9.22. The van der Waals surface area contributed by atoms with Crippen molar-refractivity contribution in [3.8, 4) is 28.6 Å². The van der Waals surface area contributed by atoms with Crippen molar-refractivity contribution in [2.45, 2.75) is 6.92 Å². The first-order valence-corrected chi connectivity index (χ1v) is 6.52. The molecule has 0 saturated carbocycles. The molecule has 3 aromatic rings. The lowest BCUT2D eigenvalue weighted by atomic mass is 10.1. The Morgan fingerprint density at radius 2 is 1.86 bits per heavy atom. The molecule has 5 nitrogen and oxygen atoms in total. The molecule has 0 fully saturated rings. The summed E-state index contributed by atoms with van der Waals surface area (Å²) >= 11 is 0. The summed E-state index contributed by atoms with van der Waals surface area (Å²) in [6, 6.07) is 13.1. The Bertz CT molecular complexity index is 763. The number of aromatic nitrogens is 2. The van der Waals surface area contributed by atoms with Crippen molar-refractivity contribution >= 4 is 5.69 Å². The van der Waals surface area contributed by atoms with Crippen LogP contribution in [0.3, 0.4) is 0 Å². The van der Waals surface area contributed by atoms with Crippen molar-refractivity contribution in [2.24, 2.45) is 0 Å². The van der Waals surface area contributed by atoms with Gasteiger partial charge in [-0.1, -0.05) is 5.16 Å². The lowest BCUT2D eigenvalue weighted by molar-refractivity contribution is 0.415. The molecule has 1 heterocycles. The number of nitrogens with two attached hydrogens (primary N) is 1. The number of aryl methyl sites for hydroxylation is 1. The lowest BCUT2D eigenvalue weighted by Crippen LogP contribution is -1.89. The fourth-order valence-corrected chi connectivity index (χ4v) is 2.12. The summed E-state index contributed by atoms with van der Waals surface area (Å²) in [6.45, 7) is 1.96. The Balaban J connectivity index is 1.95. The molecule has 0 bridgehead atoms. The van der Waals surface area contributed by atoms with E-state index in [4.69, 9.17) is 15.0 Å². The Labute approximate surface area is 122 Å². The number of anilines is 1. The highest BCUT2D eigenvalue weighted by molar-refractivity contribution is 5.65. The second-order valence-corrected chi connectivity index (χ2v) is 4.73. The highest BCUT2D eigenvalue weighted by Gasteiger charge is 2.12. The van der Waals surface area contributed by atoms with Gasteiger partial charge >= 0.3 is 0 Å². The minimum absolute atomic E-state index is 0.485. The van der Waals surface area contributed by atoms with Crippen molar-refractivity contribution in [1.82, 2.24) is 10.1 Å². The molecule has 0 aliphatic heterocycles. The van der Waals surface area contributed by atoms with Crippen molar-refractivity contribution in [3.05, 3.63) is 48.0 Å². The van der Waals surface area contributed by atoms with Gasteiger partial charge in [0.15, 0.2) is 0 Å². The van der Waals surface area contributed by atoms with E-state index >= 15 is 0 Å². The average Bonchev–Trinajstić information content (AvgIpc) is 2.97. The summed E-state index contributed by atoms with van der Waals surface area (Å²) in [7, 11) is 1.63. The van der Waals surface area contributed by atoms with E-state index in [1.54, 1.807) is 7.11 Å². The van der Waals surface area contributed by atoms with Crippen molar-refractivity contribution < 1.29 is 9.26 Å². The van der Waals surface area contributed by atoms with Crippen molar-refractivity contribution in [1.29, 1.82) is 0 Å². The predicted molar refractivity (Wildman–Crippen MR) is 80.9 cm³/mol. The van der Waals surface area contributed by atoms with Gasteiger partial charge in [0.2, 0.25) is 5.82 Å². The number of hydrogen-bond acceptors (Lipinski definition) is 5. The number of rotatable bonds is 3. The summed E-state index contributed by atoms with van der Waals surface area (Å²) in [5.74, 6) is 1.82. The summed E-state index contributed by atoms with van der Waals surface area (Å²) in [6.07, 6.45) is 0. The molecular formula is C16H15N3O2. The van der Waals surface area contributed by atoms with Crippen LogP contribution in [-0.2, 0) is 0 Å². The first kappa shape index (κ1) is 13.2. The van der Waals surface area contributed by atoms with Crippen LogP contribution in [-0.4, -0.2) is 17.3 Å². The molecule has 0 radical (unpaired) electrons. The van der Waals surface area contributed by atoms with Gasteiger partial charge in [0, 0.05) is 16.8 Å². The van der Waals surface area contributed by atoms with Gasteiger partial charge in [-0.15, -0.1) is 0 Å². The van der Waals surface area contributed by atoms with Gasteiger partial charge in [0.05, 0.1) is 7.11 Å². The molecule has 0 saturated heterocycles. The molecule has 0 spiro atoms. The van der Waals surface area contributed by atoms with E-state index in [9.17, 15) is 0 Å². The van der Waals surface area contributed by atoms with Gasteiger partial charge in [-0.25, -0.2) is 0 Å². The van der Waals surface area contributed by atoms with Crippen LogP contribution in [0.1, 0.15) is 5.56 Å². The van der Waals surface area contributed by atoms with Crippen molar-refractivity contribution in [3.63, 3.8) is 0 Å². The minimum atomic E-state index is 0.485. The van der Waals surface area contributed by atoms with Crippen molar-refractivity contribution in [2.75, 3.05) is 12.8 Å². The highest BCUT2D eigenvalue weighted by Crippen LogP contribution is 2.26. The molecule has 0 aliphatic carbocycles. The Morgan fingerprint density at radius 1 is 1.10 bits per heavy atom. The van der Waals surface area contributed by atoms with Crippen LogP contribution in [0.2, 0.25) is 0 Å². The number of nitrogen functional groups attached to an aromatic ring is 1. The third-order valence-corrected chi connectivity index (χ3v) is 3.26. The number of nitrogens with zero attached hydrogens (tertiary/aromatic N) is 2. The maximum atomic E-state index is 5.75. The third kappa shape index (κ3) is 2.58. The van der Waals surface area contributed by atoms with Gasteiger partial charge in [-0.2, -0.15) is 4.98 Å². The number of benzene rings is 2. The maximum Gasteiger partial charge on any atom is 0.258 e. The van der Waals surface area contributed by atoms with E-state index in [-0.39, 0.29) is 0 Å². The highest BCUT2D eigenvalue weighted by atomic mass is 16.5. The number of hydrogen-bond donors (Lipinski definition) is 1. The van der Waals surface area contributed by atoms with E-state index in [0.29, 0.717) is 17.4 Å². The second-order valence-electron chi connectivity index (χ2n) is 4.73. The topological polar surface area (TPSA) is 74.2 Å². The van der Waals surface area contributed by atoms with Gasteiger partial charge < -0.3 is 15.0 Å². The largest absolute Gasteiger partial charge is 0.497 e. The average molecular weight is 281 g/mol. The molecule has 2 aromatic carbocycles. The quantitative estimate of drug-likeness (QED) is 0.745. The van der Waals surface area contributed by atoms with E-state index in [1.807, 2.05) is 49.4 Å². The molecule has 0 unspecified atom stereocenters. The normalized spacial score (nSPS) is 10.6. The molecule has 3 rings (SSSR count). The zero-order valence-corrected chi connectivity index (χ0v) is 11.8. The van der Waals surface area contributed by atoms with Crippen LogP contribution in [0, 0.1) is 6.92 Å². The van der Waals surface area contributed by atoms with Gasteiger partial charge in [-0.05, 0) is 55.0 Å². The molecule has 21 heavy (non-hydrogen) atoms. The van der Waals surface area contributed by atoms with Crippen LogP contribution in [0.4, 0.5) is 5.69 Å². The SMILES string of the molecule is COc1ccc(-c2noc(-c3ccc(N)cc3C)n2)cc1. The summed E-state index contributed by atoms with van der Waals surface area (Å²) < 4.78 is 10.5. The maximum absolute atomic E-state index is 5.75. The molecule has 1 aromatic heterocycles. The van der Waals surface area contributed by atoms with Crippen LogP contribution >= 0.6 is 0 Å². The van der Waals surface area contributed by atoms with E-state index in [0.717, 1.165) is 22.4 Å².